The smallest absolute Gasteiger partial charge is 0.207 e. The van der Waals surface area contributed by atoms with Crippen molar-refractivity contribution < 1.29 is 4.79 Å². The molecule has 0 aromatic carbocycles. The molecule has 2 nitrogen and oxygen atoms in total. The molecule has 1 rings (SSSR count). The van der Waals surface area contributed by atoms with E-state index in [0.717, 1.165) is 25.8 Å². The Morgan fingerprint density at radius 3 is 3.15 bits per heavy atom. The second kappa shape index (κ2) is 4.85. The van der Waals surface area contributed by atoms with Crippen LogP contribution in [0.2, 0.25) is 0 Å². The Morgan fingerprint density at radius 2 is 2.46 bits per heavy atom. The second-order valence-corrected chi connectivity index (χ2v) is 3.63. The molecule has 1 atom stereocenters. The number of hydrogen-bond donors (Lipinski definition) is 1. The summed E-state index contributed by atoms with van der Waals surface area (Å²) in [6, 6.07) is 0. The van der Waals surface area contributed by atoms with Crippen LogP contribution in [-0.2, 0) is 4.79 Å². The number of hydrogen-bond acceptors (Lipinski definition) is 1. The van der Waals surface area contributed by atoms with Gasteiger partial charge in [-0.25, -0.2) is 0 Å². The Hall–Kier alpha value is -1.05. The lowest BCUT2D eigenvalue weighted by Gasteiger charge is -2.18. The summed E-state index contributed by atoms with van der Waals surface area (Å²) in [5.41, 5.74) is 2.80. The highest BCUT2D eigenvalue weighted by Gasteiger charge is 2.10. The molecule has 0 saturated carbocycles. The van der Waals surface area contributed by atoms with Crippen molar-refractivity contribution in [1.82, 2.24) is 5.32 Å². The van der Waals surface area contributed by atoms with Crippen molar-refractivity contribution in [2.45, 2.75) is 26.7 Å². The van der Waals surface area contributed by atoms with Crippen LogP contribution in [0.4, 0.5) is 0 Å². The summed E-state index contributed by atoms with van der Waals surface area (Å²) in [5.74, 6) is 0.636. The van der Waals surface area contributed by atoms with Crippen LogP contribution in [-0.4, -0.2) is 13.0 Å². The van der Waals surface area contributed by atoms with E-state index in [1.54, 1.807) is 0 Å². The summed E-state index contributed by atoms with van der Waals surface area (Å²) in [4.78, 5) is 10.1. The van der Waals surface area contributed by atoms with Crippen LogP contribution in [0, 0.1) is 5.92 Å². The highest BCUT2D eigenvalue weighted by molar-refractivity contribution is 5.45. The summed E-state index contributed by atoms with van der Waals surface area (Å²) >= 11 is 0. The minimum absolute atomic E-state index is 0.636. The van der Waals surface area contributed by atoms with E-state index in [1.807, 2.05) is 0 Å². The Balaban J connectivity index is 2.46. The van der Waals surface area contributed by atoms with Gasteiger partial charge in [-0.1, -0.05) is 30.2 Å². The van der Waals surface area contributed by atoms with Gasteiger partial charge in [-0.15, -0.1) is 0 Å². The summed E-state index contributed by atoms with van der Waals surface area (Å²) in [6.45, 7) is 5.11. The number of carbonyl (C=O) groups excluding carboxylic acids is 1. The normalized spacial score (nSPS) is 21.8. The first-order valence-electron chi connectivity index (χ1n) is 4.78. The fraction of sp³-hybridized carbons (Fsp3) is 0.545. The van der Waals surface area contributed by atoms with Gasteiger partial charge >= 0.3 is 0 Å². The molecule has 0 bridgehead atoms. The molecule has 1 amide bonds. The topological polar surface area (TPSA) is 29.1 Å². The maximum atomic E-state index is 10.1. The third-order valence-corrected chi connectivity index (χ3v) is 2.48. The molecule has 0 spiro atoms. The molecule has 2 heteroatoms. The minimum atomic E-state index is 0.636. The van der Waals surface area contributed by atoms with Crippen molar-refractivity contribution >= 4 is 6.41 Å². The molecule has 1 N–H and O–H groups in total. The van der Waals surface area contributed by atoms with Gasteiger partial charge in [0.2, 0.25) is 6.41 Å². The average Bonchev–Trinajstić information content (AvgIpc) is 2.11. The molecule has 0 aromatic heterocycles. The summed E-state index contributed by atoms with van der Waals surface area (Å²) < 4.78 is 0. The molecule has 0 heterocycles. The fourth-order valence-electron chi connectivity index (χ4n) is 1.60. The van der Waals surface area contributed by atoms with Crippen molar-refractivity contribution in [1.29, 1.82) is 0 Å². The summed E-state index contributed by atoms with van der Waals surface area (Å²) in [5, 5.41) is 2.69. The Morgan fingerprint density at radius 1 is 1.69 bits per heavy atom. The molecule has 1 aliphatic rings. The van der Waals surface area contributed by atoms with Crippen molar-refractivity contribution in [3.63, 3.8) is 0 Å². The van der Waals surface area contributed by atoms with Gasteiger partial charge in [0, 0.05) is 6.54 Å². The largest absolute Gasteiger partial charge is 0.358 e. The van der Waals surface area contributed by atoms with Crippen LogP contribution in [0.3, 0.4) is 0 Å². The van der Waals surface area contributed by atoms with Gasteiger partial charge in [0.25, 0.3) is 0 Å². The predicted octanol–water partition coefficient (Wildman–Crippen LogP) is 2.04. The number of carbonyl (C=O) groups is 1. The molecule has 13 heavy (non-hydrogen) atoms. The quantitative estimate of drug-likeness (QED) is 0.519. The number of nitrogens with one attached hydrogen (secondary N) is 1. The number of amides is 1. The van der Waals surface area contributed by atoms with Crippen LogP contribution in [0.5, 0.6) is 0 Å². The van der Waals surface area contributed by atoms with Gasteiger partial charge in [0.15, 0.2) is 0 Å². The average molecular weight is 179 g/mol. The molecular formula is C11H17NO. The highest BCUT2D eigenvalue weighted by atomic mass is 16.1. The Labute approximate surface area is 79.7 Å². The third-order valence-electron chi connectivity index (χ3n) is 2.48. The number of rotatable bonds is 4. The minimum Gasteiger partial charge on any atom is -0.358 e. The number of allylic oxidation sites excluding steroid dienone is 3. The van der Waals surface area contributed by atoms with Crippen LogP contribution in [0.25, 0.3) is 0 Å². The van der Waals surface area contributed by atoms with Crippen molar-refractivity contribution in [2.24, 2.45) is 5.92 Å². The fourth-order valence-corrected chi connectivity index (χ4v) is 1.60. The first-order chi connectivity index (χ1) is 6.24. The van der Waals surface area contributed by atoms with E-state index in [2.05, 4.69) is 31.3 Å². The summed E-state index contributed by atoms with van der Waals surface area (Å²) in [6.07, 6.45) is 7.38. The zero-order chi connectivity index (χ0) is 9.68. The zero-order valence-electron chi connectivity index (χ0n) is 8.34. The Kier molecular flexibility index (Phi) is 3.74. The van der Waals surface area contributed by atoms with Gasteiger partial charge in [0.1, 0.15) is 0 Å². The third kappa shape index (κ3) is 3.05. The lowest BCUT2D eigenvalue weighted by Crippen LogP contribution is -2.15. The van der Waals surface area contributed by atoms with Crippen LogP contribution >= 0.6 is 0 Å². The molecule has 0 aliphatic heterocycles. The van der Waals surface area contributed by atoms with E-state index in [1.165, 1.54) is 11.1 Å². The SMILES string of the molecule is CC1=CCC(C)C(CCNC=O)=C1. The van der Waals surface area contributed by atoms with Crippen molar-refractivity contribution in [3.05, 3.63) is 23.3 Å². The van der Waals surface area contributed by atoms with Crippen molar-refractivity contribution in [2.75, 3.05) is 6.54 Å². The van der Waals surface area contributed by atoms with Gasteiger partial charge in [-0.2, -0.15) is 0 Å². The monoisotopic (exact) mass is 179 g/mol. The van der Waals surface area contributed by atoms with E-state index >= 15 is 0 Å². The van der Waals surface area contributed by atoms with Gasteiger partial charge in [0.05, 0.1) is 0 Å². The molecule has 0 radical (unpaired) electrons. The van der Waals surface area contributed by atoms with Crippen LogP contribution in [0.15, 0.2) is 23.3 Å². The van der Waals surface area contributed by atoms with Crippen LogP contribution in [0.1, 0.15) is 26.7 Å². The van der Waals surface area contributed by atoms with Crippen molar-refractivity contribution in [3.8, 4) is 0 Å². The van der Waals surface area contributed by atoms with Gasteiger partial charge in [-0.3, -0.25) is 4.79 Å². The first kappa shape index (κ1) is 10.0. The van der Waals surface area contributed by atoms with E-state index in [9.17, 15) is 4.79 Å². The van der Waals surface area contributed by atoms with E-state index in [0.29, 0.717) is 5.92 Å². The zero-order valence-corrected chi connectivity index (χ0v) is 8.34. The van der Waals surface area contributed by atoms with Crippen LogP contribution < -0.4 is 5.32 Å². The predicted molar refractivity (Wildman–Crippen MR) is 54.3 cm³/mol. The maximum Gasteiger partial charge on any atom is 0.207 e. The maximum absolute atomic E-state index is 10.1. The molecule has 0 fully saturated rings. The van der Waals surface area contributed by atoms with E-state index in [4.69, 9.17) is 0 Å². The Bertz CT molecular complexity index is 240. The van der Waals surface area contributed by atoms with Gasteiger partial charge in [-0.05, 0) is 25.7 Å². The molecule has 0 saturated heterocycles. The van der Waals surface area contributed by atoms with Gasteiger partial charge < -0.3 is 5.32 Å². The molecular weight excluding hydrogens is 162 g/mol. The lowest BCUT2D eigenvalue weighted by atomic mass is 9.88. The molecule has 72 valence electrons. The van der Waals surface area contributed by atoms with E-state index in [-0.39, 0.29) is 0 Å². The highest BCUT2D eigenvalue weighted by Crippen LogP contribution is 2.25. The standard InChI is InChI=1S/C11H17NO/c1-9-3-4-10(2)11(7-9)5-6-12-8-13/h3,7-8,10H,4-6H2,1-2H3,(H,12,13). The molecule has 0 aromatic rings. The lowest BCUT2D eigenvalue weighted by molar-refractivity contribution is -0.109. The first-order valence-corrected chi connectivity index (χ1v) is 4.78. The molecule has 1 unspecified atom stereocenters. The summed E-state index contributed by atoms with van der Waals surface area (Å²) in [7, 11) is 0. The van der Waals surface area contributed by atoms with E-state index < -0.39 is 0 Å². The second-order valence-electron chi connectivity index (χ2n) is 3.63. The molecule has 1 aliphatic carbocycles.